The fourth-order valence-electron chi connectivity index (χ4n) is 5.73. The van der Waals surface area contributed by atoms with Crippen LogP contribution in [0.2, 0.25) is 0 Å². The lowest BCUT2D eigenvalue weighted by atomic mass is 9.97. The number of carbonyl (C=O) groups excluding carboxylic acids is 4. The Morgan fingerprint density at radius 1 is 0.478 bits per heavy atom. The quantitative estimate of drug-likeness (QED) is 0.0489. The van der Waals surface area contributed by atoms with Gasteiger partial charge in [0.15, 0.2) is 30.7 Å². The van der Waals surface area contributed by atoms with Crippen LogP contribution in [-0.2, 0) is 47.6 Å². The van der Waals surface area contributed by atoms with Crippen LogP contribution in [0.25, 0.3) is 0 Å². The van der Waals surface area contributed by atoms with E-state index in [-0.39, 0.29) is 13.2 Å². The van der Waals surface area contributed by atoms with Crippen LogP contribution >= 0.6 is 0 Å². The van der Waals surface area contributed by atoms with Gasteiger partial charge in [0.05, 0.1) is 6.61 Å². The van der Waals surface area contributed by atoms with Gasteiger partial charge in [-0.1, -0.05) is 129 Å². The number of hydrogen-bond acceptors (Lipinski definition) is 10. The van der Waals surface area contributed by atoms with Crippen LogP contribution in [0.1, 0.15) is 163 Å². The molecule has 10 nitrogen and oxygen atoms in total. The van der Waals surface area contributed by atoms with E-state index in [9.17, 15) is 19.2 Å². The van der Waals surface area contributed by atoms with Crippen molar-refractivity contribution in [2.75, 3.05) is 13.2 Å². The Morgan fingerprint density at radius 3 is 1.28 bits per heavy atom. The van der Waals surface area contributed by atoms with Crippen LogP contribution in [0.15, 0.2) is 0 Å². The third kappa shape index (κ3) is 19.5. The normalized spacial score (nSPS) is 21.0. The number of carbonyl (C=O) groups is 4. The fourth-order valence-corrected chi connectivity index (χ4v) is 5.73. The van der Waals surface area contributed by atoms with E-state index in [1.165, 1.54) is 97.8 Å². The molecule has 268 valence electrons. The summed E-state index contributed by atoms with van der Waals surface area (Å²) in [6.07, 6.45) is 16.3. The zero-order valence-electron chi connectivity index (χ0n) is 29.5. The molecule has 0 aromatic rings. The maximum atomic E-state index is 13.3. The molecule has 1 saturated heterocycles. The fraction of sp³-hybridized carbons (Fsp3) is 0.889. The summed E-state index contributed by atoms with van der Waals surface area (Å²) in [4.78, 5) is 49.5. The third-order valence-electron chi connectivity index (χ3n) is 8.16. The van der Waals surface area contributed by atoms with Gasteiger partial charge in [0, 0.05) is 27.4 Å². The molecule has 1 heterocycles. The van der Waals surface area contributed by atoms with E-state index < -0.39 is 54.6 Å². The number of rotatable bonds is 27. The smallest absolute Gasteiger partial charge is 0.339 e. The molecule has 46 heavy (non-hydrogen) atoms. The Labute approximate surface area is 278 Å². The standard InChI is InChI=1S/C36H64O10/c1-6-8-10-12-14-16-18-20-22-24-26-41-35(40)33-31(43-28(3)37)32(44-29(4)38)34(45-30(5)39)36(46-33)42-27-25-23-21-19-17-15-13-11-9-7-2/h31-34,36H,6-27H2,1-5H3/t31-,32-,33-,34+,36-/m0/s1. The highest BCUT2D eigenvalue weighted by atomic mass is 16.7. The zero-order chi connectivity index (χ0) is 34.0. The van der Waals surface area contributed by atoms with Gasteiger partial charge >= 0.3 is 23.9 Å². The molecule has 0 saturated carbocycles. The van der Waals surface area contributed by atoms with E-state index in [1.807, 2.05) is 0 Å². The molecule has 10 heteroatoms. The summed E-state index contributed by atoms with van der Waals surface area (Å²) in [6.45, 7) is 8.46. The predicted molar refractivity (Wildman–Crippen MR) is 176 cm³/mol. The molecule has 1 aliphatic heterocycles. The topological polar surface area (TPSA) is 124 Å². The summed E-state index contributed by atoms with van der Waals surface area (Å²) in [6, 6.07) is 0. The van der Waals surface area contributed by atoms with Gasteiger partial charge in [-0.2, -0.15) is 0 Å². The molecular weight excluding hydrogens is 592 g/mol. The molecule has 1 rings (SSSR count). The van der Waals surface area contributed by atoms with Crippen molar-refractivity contribution in [1.29, 1.82) is 0 Å². The van der Waals surface area contributed by atoms with Crippen molar-refractivity contribution in [3.8, 4) is 0 Å². The molecule has 0 bridgehead atoms. The second-order valence-corrected chi connectivity index (χ2v) is 12.5. The van der Waals surface area contributed by atoms with Crippen molar-refractivity contribution in [2.24, 2.45) is 0 Å². The van der Waals surface area contributed by atoms with E-state index >= 15 is 0 Å². The third-order valence-corrected chi connectivity index (χ3v) is 8.16. The lowest BCUT2D eigenvalue weighted by molar-refractivity contribution is -0.302. The Bertz CT molecular complexity index is 832. The average molecular weight is 657 g/mol. The van der Waals surface area contributed by atoms with Crippen LogP contribution < -0.4 is 0 Å². The Balaban J connectivity index is 2.74. The maximum Gasteiger partial charge on any atom is 0.339 e. The Morgan fingerprint density at radius 2 is 0.848 bits per heavy atom. The summed E-state index contributed by atoms with van der Waals surface area (Å²) >= 11 is 0. The van der Waals surface area contributed by atoms with Crippen molar-refractivity contribution in [2.45, 2.75) is 194 Å². The SMILES string of the molecule is CCCCCCCCCCCCOC(=O)[C@H]1O[C@H](OCCCCCCCCCCCC)[C@H](OC(C)=O)[C@@H](OC(C)=O)[C@@H]1OC(C)=O. The van der Waals surface area contributed by atoms with Gasteiger partial charge in [-0.05, 0) is 12.8 Å². The largest absolute Gasteiger partial charge is 0.464 e. The molecule has 0 aromatic heterocycles. The Hall–Kier alpha value is -2.20. The molecule has 0 N–H and O–H groups in total. The molecule has 0 amide bonds. The highest BCUT2D eigenvalue weighted by Gasteiger charge is 2.55. The number of hydrogen-bond donors (Lipinski definition) is 0. The van der Waals surface area contributed by atoms with Crippen molar-refractivity contribution in [3.05, 3.63) is 0 Å². The van der Waals surface area contributed by atoms with Crippen molar-refractivity contribution in [1.82, 2.24) is 0 Å². The molecule has 0 radical (unpaired) electrons. The van der Waals surface area contributed by atoms with Gasteiger partial charge in [0.2, 0.25) is 0 Å². The van der Waals surface area contributed by atoms with E-state index in [4.69, 9.17) is 28.4 Å². The maximum absolute atomic E-state index is 13.3. The van der Waals surface area contributed by atoms with Gasteiger partial charge in [-0.3, -0.25) is 14.4 Å². The summed E-state index contributed by atoms with van der Waals surface area (Å²) in [7, 11) is 0. The monoisotopic (exact) mass is 656 g/mol. The lowest BCUT2D eigenvalue weighted by Gasteiger charge is -2.43. The number of esters is 4. The van der Waals surface area contributed by atoms with Gasteiger partial charge in [0.1, 0.15) is 0 Å². The first kappa shape index (κ1) is 41.8. The average Bonchev–Trinajstić information content (AvgIpc) is 3.00. The van der Waals surface area contributed by atoms with Gasteiger partial charge in [0.25, 0.3) is 0 Å². The van der Waals surface area contributed by atoms with Gasteiger partial charge in [-0.25, -0.2) is 4.79 Å². The molecule has 1 aliphatic rings. The number of unbranched alkanes of at least 4 members (excludes halogenated alkanes) is 18. The molecule has 0 unspecified atom stereocenters. The van der Waals surface area contributed by atoms with Gasteiger partial charge in [-0.15, -0.1) is 0 Å². The molecular formula is C36H64O10. The number of ether oxygens (including phenoxy) is 6. The second kappa shape index (κ2) is 26.8. The molecule has 5 atom stereocenters. The summed E-state index contributed by atoms with van der Waals surface area (Å²) in [5.41, 5.74) is 0. The summed E-state index contributed by atoms with van der Waals surface area (Å²) in [5, 5.41) is 0. The molecule has 0 aliphatic carbocycles. The highest BCUT2D eigenvalue weighted by molar-refractivity contribution is 5.77. The zero-order valence-corrected chi connectivity index (χ0v) is 29.5. The molecule has 0 aromatic carbocycles. The van der Waals surface area contributed by atoms with Crippen LogP contribution in [0.4, 0.5) is 0 Å². The van der Waals surface area contributed by atoms with Crippen LogP contribution in [0.3, 0.4) is 0 Å². The van der Waals surface area contributed by atoms with E-state index in [0.717, 1.165) is 44.9 Å². The van der Waals surface area contributed by atoms with E-state index in [2.05, 4.69) is 13.8 Å². The lowest BCUT2D eigenvalue weighted by Crippen LogP contribution is -2.64. The van der Waals surface area contributed by atoms with Crippen molar-refractivity contribution >= 4 is 23.9 Å². The van der Waals surface area contributed by atoms with Crippen LogP contribution in [0, 0.1) is 0 Å². The summed E-state index contributed by atoms with van der Waals surface area (Å²) in [5.74, 6) is -2.84. The van der Waals surface area contributed by atoms with Crippen molar-refractivity contribution in [3.63, 3.8) is 0 Å². The Kier molecular flexibility index (Phi) is 24.4. The van der Waals surface area contributed by atoms with Crippen LogP contribution in [0.5, 0.6) is 0 Å². The minimum absolute atomic E-state index is 0.178. The summed E-state index contributed by atoms with van der Waals surface area (Å²) < 4.78 is 33.9. The minimum atomic E-state index is -1.43. The van der Waals surface area contributed by atoms with Crippen LogP contribution in [-0.4, -0.2) is 67.8 Å². The first-order valence-electron chi connectivity index (χ1n) is 18.2. The van der Waals surface area contributed by atoms with Crippen molar-refractivity contribution < 1.29 is 47.6 Å². The second-order valence-electron chi connectivity index (χ2n) is 12.5. The van der Waals surface area contributed by atoms with E-state index in [1.54, 1.807) is 0 Å². The molecule has 0 spiro atoms. The first-order chi connectivity index (χ1) is 22.2. The predicted octanol–water partition coefficient (Wildman–Crippen LogP) is 7.91. The first-order valence-corrected chi connectivity index (χ1v) is 18.2. The highest BCUT2D eigenvalue weighted by Crippen LogP contribution is 2.30. The minimum Gasteiger partial charge on any atom is -0.464 e. The molecule has 1 fully saturated rings. The van der Waals surface area contributed by atoms with E-state index in [0.29, 0.717) is 6.42 Å². The van der Waals surface area contributed by atoms with Gasteiger partial charge < -0.3 is 28.4 Å².